The summed E-state index contributed by atoms with van der Waals surface area (Å²) in [6.07, 6.45) is 10.9. The first-order valence-electron chi connectivity index (χ1n) is 9.21. The normalized spacial score (nSPS) is 19.8. The smallest absolute Gasteiger partial charge is 0.119 e. The fourth-order valence-electron chi connectivity index (χ4n) is 3.48. The van der Waals surface area contributed by atoms with Crippen molar-refractivity contribution in [2.75, 3.05) is 39.3 Å². The van der Waals surface area contributed by atoms with E-state index in [0.717, 1.165) is 38.4 Å². The first-order valence-corrected chi connectivity index (χ1v) is 9.21. The van der Waals surface area contributed by atoms with Crippen LogP contribution in [0.3, 0.4) is 0 Å². The van der Waals surface area contributed by atoms with E-state index in [1.54, 1.807) is 0 Å². The average molecular weight is 314 g/mol. The van der Waals surface area contributed by atoms with Gasteiger partial charge in [0.05, 0.1) is 6.61 Å². The molecule has 0 aromatic heterocycles. The predicted octanol–water partition coefficient (Wildman–Crippen LogP) is 3.70. The second-order valence-corrected chi connectivity index (χ2v) is 6.75. The van der Waals surface area contributed by atoms with E-state index in [-0.39, 0.29) is 0 Å². The van der Waals surface area contributed by atoms with Crippen molar-refractivity contribution in [2.24, 2.45) is 0 Å². The van der Waals surface area contributed by atoms with Crippen molar-refractivity contribution < 1.29 is 4.74 Å². The zero-order valence-electron chi connectivity index (χ0n) is 14.3. The Kier molecular flexibility index (Phi) is 6.54. The van der Waals surface area contributed by atoms with Gasteiger partial charge in [-0.3, -0.25) is 9.80 Å². The molecule has 2 heterocycles. The van der Waals surface area contributed by atoms with Crippen molar-refractivity contribution in [2.45, 2.75) is 38.6 Å². The molecule has 1 aromatic carbocycles. The van der Waals surface area contributed by atoms with Gasteiger partial charge in [-0.1, -0.05) is 30.7 Å². The minimum absolute atomic E-state index is 0.813. The summed E-state index contributed by atoms with van der Waals surface area (Å²) in [7, 11) is 0. The number of hydrogen-bond acceptors (Lipinski definition) is 3. The Hall–Kier alpha value is -1.32. The monoisotopic (exact) mass is 314 g/mol. The Morgan fingerprint density at radius 1 is 0.957 bits per heavy atom. The molecular formula is C20H30N2O. The molecule has 23 heavy (non-hydrogen) atoms. The Bertz CT molecular complexity index is 494. The Morgan fingerprint density at radius 2 is 1.87 bits per heavy atom. The van der Waals surface area contributed by atoms with E-state index in [2.05, 4.69) is 46.2 Å². The van der Waals surface area contributed by atoms with Crippen LogP contribution >= 0.6 is 0 Å². The lowest BCUT2D eigenvalue weighted by Gasteiger charge is -2.26. The Morgan fingerprint density at radius 3 is 2.70 bits per heavy atom. The van der Waals surface area contributed by atoms with Gasteiger partial charge in [-0.25, -0.2) is 0 Å². The lowest BCUT2D eigenvalue weighted by Crippen LogP contribution is -2.29. The third-order valence-corrected chi connectivity index (χ3v) is 4.78. The van der Waals surface area contributed by atoms with Crippen LogP contribution in [0.2, 0.25) is 0 Å². The lowest BCUT2D eigenvalue weighted by molar-refractivity contribution is 0.220. The van der Waals surface area contributed by atoms with E-state index in [1.807, 2.05) is 0 Å². The van der Waals surface area contributed by atoms with Gasteiger partial charge in [-0.05, 0) is 56.5 Å². The first kappa shape index (κ1) is 16.5. The Balaban J connectivity index is 1.39. The molecule has 2 aliphatic heterocycles. The molecule has 0 N–H and O–H groups in total. The maximum Gasteiger partial charge on any atom is 0.119 e. The van der Waals surface area contributed by atoms with Gasteiger partial charge in [-0.2, -0.15) is 0 Å². The van der Waals surface area contributed by atoms with E-state index in [4.69, 9.17) is 4.74 Å². The number of hydrogen-bond donors (Lipinski definition) is 0. The second-order valence-electron chi connectivity index (χ2n) is 6.75. The summed E-state index contributed by atoms with van der Waals surface area (Å²) in [5.41, 5.74) is 1.38. The average Bonchev–Trinajstić information content (AvgIpc) is 2.61. The van der Waals surface area contributed by atoms with Crippen LogP contribution in [-0.2, 0) is 6.54 Å². The van der Waals surface area contributed by atoms with Crippen LogP contribution in [0, 0.1) is 0 Å². The highest BCUT2D eigenvalue weighted by Gasteiger charge is 2.10. The third-order valence-electron chi connectivity index (χ3n) is 4.78. The summed E-state index contributed by atoms with van der Waals surface area (Å²) in [5.74, 6) is 1.03. The highest BCUT2D eigenvalue weighted by Crippen LogP contribution is 2.17. The van der Waals surface area contributed by atoms with Gasteiger partial charge >= 0.3 is 0 Å². The summed E-state index contributed by atoms with van der Waals surface area (Å²) < 4.78 is 5.96. The van der Waals surface area contributed by atoms with Gasteiger partial charge in [0.15, 0.2) is 0 Å². The van der Waals surface area contributed by atoms with Gasteiger partial charge in [0.25, 0.3) is 0 Å². The molecule has 1 saturated heterocycles. The number of likely N-dealkylation sites (tertiary alicyclic amines) is 1. The number of ether oxygens (including phenoxy) is 1. The standard InChI is InChI=1S/C20H30N2O/c1-3-11-21(12-4-1)15-8-16-23-20-10-7-9-19(17-20)18-22-13-5-2-6-14-22/h1,3,7,9-10,17H,2,4-6,8,11-16,18H2. The molecular weight excluding hydrogens is 284 g/mol. The molecule has 0 aliphatic carbocycles. The van der Waals surface area contributed by atoms with Crippen molar-refractivity contribution in [1.82, 2.24) is 9.80 Å². The van der Waals surface area contributed by atoms with Crippen LogP contribution in [0.5, 0.6) is 5.75 Å². The third kappa shape index (κ3) is 5.67. The largest absolute Gasteiger partial charge is 0.494 e. The molecule has 0 bridgehead atoms. The van der Waals surface area contributed by atoms with Crippen LogP contribution in [0.25, 0.3) is 0 Å². The van der Waals surface area contributed by atoms with Crippen molar-refractivity contribution in [3.63, 3.8) is 0 Å². The summed E-state index contributed by atoms with van der Waals surface area (Å²) >= 11 is 0. The van der Waals surface area contributed by atoms with Crippen LogP contribution in [0.15, 0.2) is 36.4 Å². The van der Waals surface area contributed by atoms with E-state index in [1.165, 1.54) is 50.9 Å². The Labute approximate surface area is 140 Å². The molecule has 1 fully saturated rings. The molecule has 126 valence electrons. The maximum atomic E-state index is 5.96. The fraction of sp³-hybridized carbons (Fsp3) is 0.600. The van der Waals surface area contributed by atoms with Crippen LogP contribution < -0.4 is 4.74 Å². The minimum atomic E-state index is 0.813. The molecule has 0 amide bonds. The molecule has 0 saturated carbocycles. The van der Waals surface area contributed by atoms with Crippen molar-refractivity contribution >= 4 is 0 Å². The number of nitrogens with zero attached hydrogens (tertiary/aromatic N) is 2. The zero-order valence-corrected chi connectivity index (χ0v) is 14.3. The fourth-order valence-corrected chi connectivity index (χ4v) is 3.48. The molecule has 3 nitrogen and oxygen atoms in total. The lowest BCUT2D eigenvalue weighted by atomic mass is 10.1. The van der Waals surface area contributed by atoms with Crippen molar-refractivity contribution in [1.29, 1.82) is 0 Å². The van der Waals surface area contributed by atoms with Crippen molar-refractivity contribution in [3.8, 4) is 5.75 Å². The second kappa shape index (κ2) is 9.09. The summed E-state index contributed by atoms with van der Waals surface area (Å²) in [6, 6.07) is 8.66. The van der Waals surface area contributed by atoms with E-state index in [9.17, 15) is 0 Å². The SMILES string of the molecule is C1=CCN(CCCOc2cccc(CN3CCCCC3)c2)CC1. The summed E-state index contributed by atoms with van der Waals surface area (Å²) in [4.78, 5) is 5.06. The van der Waals surface area contributed by atoms with E-state index >= 15 is 0 Å². The van der Waals surface area contributed by atoms with Gasteiger partial charge in [0.1, 0.15) is 5.75 Å². The molecule has 3 rings (SSSR count). The molecule has 2 aliphatic rings. The summed E-state index contributed by atoms with van der Waals surface area (Å²) in [6.45, 7) is 7.81. The quantitative estimate of drug-likeness (QED) is 0.564. The van der Waals surface area contributed by atoms with Gasteiger partial charge in [0.2, 0.25) is 0 Å². The van der Waals surface area contributed by atoms with Crippen LogP contribution in [-0.4, -0.2) is 49.1 Å². The number of benzene rings is 1. The first-order chi connectivity index (χ1) is 11.4. The molecule has 3 heteroatoms. The molecule has 0 unspecified atom stereocenters. The number of rotatable bonds is 7. The molecule has 1 aromatic rings. The van der Waals surface area contributed by atoms with Gasteiger partial charge in [-0.15, -0.1) is 0 Å². The van der Waals surface area contributed by atoms with Crippen molar-refractivity contribution in [3.05, 3.63) is 42.0 Å². The minimum Gasteiger partial charge on any atom is -0.494 e. The predicted molar refractivity (Wildman–Crippen MR) is 95.9 cm³/mol. The van der Waals surface area contributed by atoms with E-state index < -0.39 is 0 Å². The number of piperidine rings is 1. The van der Waals surface area contributed by atoms with Crippen LogP contribution in [0.4, 0.5) is 0 Å². The molecule has 0 spiro atoms. The molecule has 0 radical (unpaired) electrons. The highest BCUT2D eigenvalue weighted by molar-refractivity contribution is 5.28. The molecule has 0 atom stereocenters. The maximum absolute atomic E-state index is 5.96. The topological polar surface area (TPSA) is 15.7 Å². The zero-order chi connectivity index (χ0) is 15.7. The van der Waals surface area contributed by atoms with E-state index in [0.29, 0.717) is 0 Å². The van der Waals surface area contributed by atoms with Gasteiger partial charge < -0.3 is 4.74 Å². The highest BCUT2D eigenvalue weighted by atomic mass is 16.5. The van der Waals surface area contributed by atoms with Crippen LogP contribution in [0.1, 0.15) is 37.7 Å². The van der Waals surface area contributed by atoms with Gasteiger partial charge in [0, 0.05) is 26.2 Å². The summed E-state index contributed by atoms with van der Waals surface area (Å²) in [5, 5.41) is 0.